The predicted molar refractivity (Wildman–Crippen MR) is 99.3 cm³/mol. The summed E-state index contributed by atoms with van der Waals surface area (Å²) in [5, 5.41) is 1.49. The summed E-state index contributed by atoms with van der Waals surface area (Å²) in [6, 6.07) is 15.7. The van der Waals surface area contributed by atoms with E-state index in [-0.39, 0.29) is 6.33 Å². The summed E-state index contributed by atoms with van der Waals surface area (Å²) in [6.07, 6.45) is -0.216. The maximum atomic E-state index is 2.36. The third-order valence-corrected chi connectivity index (χ3v) is 10.9. The van der Waals surface area contributed by atoms with E-state index in [0.717, 1.165) is 0 Å². The number of hydrogen-bond acceptors (Lipinski definition) is 2. The van der Waals surface area contributed by atoms with Crippen molar-refractivity contribution in [3.05, 3.63) is 53.6 Å². The first-order valence-electron chi connectivity index (χ1n) is 7.46. The van der Waals surface area contributed by atoms with Crippen LogP contribution in [0.15, 0.2) is 52.3 Å². The van der Waals surface area contributed by atoms with Crippen molar-refractivity contribution in [2.45, 2.75) is 49.3 Å². The Morgan fingerprint density at radius 3 is 1.62 bits per heavy atom. The Labute approximate surface area is 137 Å². The Hall–Kier alpha value is -0.430. The summed E-state index contributed by atoms with van der Waals surface area (Å²) in [7, 11) is 0. The minimum Gasteiger partial charge on any atom is -0.0803 e. The molecule has 0 radical (unpaired) electrons. The first-order valence-corrected chi connectivity index (χ1v) is 11.6. The second-order valence-corrected chi connectivity index (χ2v) is 12.2. The second kappa shape index (κ2) is 6.36. The van der Waals surface area contributed by atoms with Gasteiger partial charge in [0.2, 0.25) is 0 Å². The largest absolute Gasteiger partial charge is 0.0803 e. The Morgan fingerprint density at radius 2 is 1.19 bits per heavy atom. The van der Waals surface area contributed by atoms with E-state index in [1.165, 1.54) is 16.4 Å². The highest BCUT2D eigenvalue weighted by atomic mass is 33.1. The molecule has 0 fully saturated rings. The Balaban J connectivity index is 2.04. The third-order valence-electron chi connectivity index (χ3n) is 3.73. The van der Waals surface area contributed by atoms with E-state index in [1.807, 2.05) is 0 Å². The normalized spacial score (nSPS) is 15.0. The minimum atomic E-state index is -0.216. The molecule has 0 amide bonds. The van der Waals surface area contributed by atoms with Crippen LogP contribution in [-0.2, 0) is 0 Å². The maximum absolute atomic E-state index is 2.36. The van der Waals surface area contributed by atoms with Crippen molar-refractivity contribution >= 4 is 34.4 Å². The molecule has 1 heterocycles. The van der Waals surface area contributed by atoms with Crippen molar-refractivity contribution in [1.29, 1.82) is 0 Å². The molecular formula is C18H21PS2. The van der Waals surface area contributed by atoms with Crippen LogP contribution in [-0.4, -0.2) is 0 Å². The smallest absolute Gasteiger partial charge is 0.0540 e. The van der Waals surface area contributed by atoms with Gasteiger partial charge in [0, 0.05) is 9.79 Å². The van der Waals surface area contributed by atoms with Crippen LogP contribution in [0.3, 0.4) is 0 Å². The van der Waals surface area contributed by atoms with E-state index in [0.29, 0.717) is 11.8 Å². The van der Waals surface area contributed by atoms with Gasteiger partial charge in [-0.2, -0.15) is 0 Å². The number of fused-ring (bicyclic) bond motifs is 1. The van der Waals surface area contributed by atoms with Gasteiger partial charge >= 0.3 is 0 Å². The highest BCUT2D eigenvalue weighted by Gasteiger charge is 2.30. The highest BCUT2D eigenvalue weighted by Crippen LogP contribution is 2.74. The van der Waals surface area contributed by atoms with Crippen LogP contribution in [0.4, 0.5) is 0 Å². The molecule has 0 spiro atoms. The summed E-state index contributed by atoms with van der Waals surface area (Å²) >= 11 is 4.21. The standard InChI is InChI=1S/C18H21PS2/c1-12(2)15-10-11-16(13(3)4)18-17(15)20-19(21-18)14-8-6-5-7-9-14/h5-13H,1-4H3. The van der Waals surface area contributed by atoms with Gasteiger partial charge in [0.25, 0.3) is 0 Å². The van der Waals surface area contributed by atoms with Crippen LogP contribution in [0.1, 0.15) is 50.7 Å². The lowest BCUT2D eigenvalue weighted by Crippen LogP contribution is -1.96. The molecule has 0 unspecified atom stereocenters. The van der Waals surface area contributed by atoms with E-state index in [9.17, 15) is 0 Å². The quantitative estimate of drug-likeness (QED) is 0.569. The van der Waals surface area contributed by atoms with E-state index in [1.54, 1.807) is 9.79 Å². The number of rotatable bonds is 3. The Kier molecular flexibility index (Phi) is 4.69. The number of hydrogen-bond donors (Lipinski definition) is 0. The third kappa shape index (κ3) is 3.04. The molecule has 0 N–H and O–H groups in total. The number of benzene rings is 2. The zero-order valence-electron chi connectivity index (χ0n) is 13.0. The molecule has 1 aliphatic rings. The fourth-order valence-electron chi connectivity index (χ4n) is 2.53. The predicted octanol–water partition coefficient (Wildman–Crippen LogP) is 6.77. The summed E-state index contributed by atoms with van der Waals surface area (Å²) in [4.78, 5) is 3.10. The van der Waals surface area contributed by atoms with Gasteiger partial charge in [0.15, 0.2) is 0 Å². The molecule has 0 nitrogen and oxygen atoms in total. The van der Waals surface area contributed by atoms with E-state index in [4.69, 9.17) is 0 Å². The lowest BCUT2D eigenvalue weighted by Gasteiger charge is -2.15. The van der Waals surface area contributed by atoms with Gasteiger partial charge in [-0.05, 0) is 28.3 Å². The first-order chi connectivity index (χ1) is 10.1. The average Bonchev–Trinajstić information content (AvgIpc) is 2.91. The van der Waals surface area contributed by atoms with Crippen molar-refractivity contribution in [3.63, 3.8) is 0 Å². The van der Waals surface area contributed by atoms with Gasteiger partial charge in [-0.15, -0.1) is 0 Å². The SMILES string of the molecule is CC(C)c1ccc(C(C)C)c2c1SP(c1ccccc1)S2. The molecule has 0 aliphatic carbocycles. The van der Waals surface area contributed by atoms with Crippen LogP contribution in [0.25, 0.3) is 0 Å². The van der Waals surface area contributed by atoms with E-state index < -0.39 is 0 Å². The second-order valence-electron chi connectivity index (χ2n) is 5.99. The maximum Gasteiger partial charge on any atom is 0.0540 e. The van der Waals surface area contributed by atoms with Gasteiger partial charge in [-0.25, -0.2) is 0 Å². The monoisotopic (exact) mass is 332 g/mol. The van der Waals surface area contributed by atoms with Gasteiger partial charge < -0.3 is 0 Å². The summed E-state index contributed by atoms with van der Waals surface area (Å²) in [5.74, 6) is 1.19. The molecule has 0 saturated heterocycles. The van der Waals surface area contributed by atoms with Crippen molar-refractivity contribution in [3.8, 4) is 0 Å². The molecule has 21 heavy (non-hydrogen) atoms. The lowest BCUT2D eigenvalue weighted by atomic mass is 9.97. The zero-order valence-corrected chi connectivity index (χ0v) is 15.5. The van der Waals surface area contributed by atoms with E-state index in [2.05, 4.69) is 92.9 Å². The van der Waals surface area contributed by atoms with Gasteiger partial charge in [0.05, 0.1) is 6.33 Å². The molecule has 0 saturated carbocycles. The van der Waals surface area contributed by atoms with Gasteiger partial charge in [0.1, 0.15) is 0 Å². The molecule has 1 aliphatic heterocycles. The molecule has 110 valence electrons. The molecular weight excluding hydrogens is 311 g/mol. The Morgan fingerprint density at radius 1 is 0.714 bits per heavy atom. The van der Waals surface area contributed by atoms with Crippen LogP contribution >= 0.6 is 29.1 Å². The first kappa shape index (κ1) is 15.5. The summed E-state index contributed by atoms with van der Waals surface area (Å²) in [6.45, 7) is 9.22. The Bertz CT molecular complexity index is 598. The molecule has 0 aromatic heterocycles. The molecule has 0 bridgehead atoms. The fraction of sp³-hybridized carbons (Fsp3) is 0.333. The molecule has 3 heteroatoms. The van der Waals surface area contributed by atoms with Crippen LogP contribution < -0.4 is 5.30 Å². The van der Waals surface area contributed by atoms with Gasteiger partial charge in [-0.1, -0.05) is 92.9 Å². The zero-order chi connectivity index (χ0) is 15.0. The molecule has 2 aromatic carbocycles. The van der Waals surface area contributed by atoms with Gasteiger partial charge in [-0.3, -0.25) is 0 Å². The minimum absolute atomic E-state index is 0.216. The van der Waals surface area contributed by atoms with E-state index >= 15 is 0 Å². The summed E-state index contributed by atoms with van der Waals surface area (Å²) < 4.78 is 0. The van der Waals surface area contributed by atoms with Crippen molar-refractivity contribution in [1.82, 2.24) is 0 Å². The lowest BCUT2D eigenvalue weighted by molar-refractivity contribution is 0.793. The molecule has 0 atom stereocenters. The van der Waals surface area contributed by atoms with Crippen molar-refractivity contribution < 1.29 is 0 Å². The van der Waals surface area contributed by atoms with Crippen LogP contribution in [0.5, 0.6) is 0 Å². The molecule has 2 aromatic rings. The average molecular weight is 332 g/mol. The van der Waals surface area contributed by atoms with Crippen LogP contribution in [0.2, 0.25) is 0 Å². The highest BCUT2D eigenvalue weighted by molar-refractivity contribution is 8.91. The van der Waals surface area contributed by atoms with Crippen molar-refractivity contribution in [2.24, 2.45) is 0 Å². The fourth-order valence-corrected chi connectivity index (χ4v) is 10.7. The van der Waals surface area contributed by atoms with Crippen LogP contribution in [0, 0.1) is 0 Å². The van der Waals surface area contributed by atoms with Crippen molar-refractivity contribution in [2.75, 3.05) is 0 Å². The topological polar surface area (TPSA) is 0 Å². The summed E-state index contributed by atoms with van der Waals surface area (Å²) in [5.41, 5.74) is 3.04. The molecule has 3 rings (SSSR count).